The van der Waals surface area contributed by atoms with Crippen molar-refractivity contribution in [1.29, 1.82) is 0 Å². The molecule has 0 N–H and O–H groups in total. The normalized spacial score (nSPS) is 17.7. The van der Waals surface area contributed by atoms with E-state index in [-0.39, 0.29) is 35.7 Å². The van der Waals surface area contributed by atoms with Crippen molar-refractivity contribution in [2.45, 2.75) is 45.1 Å². The maximum absolute atomic E-state index is 13.2. The van der Waals surface area contributed by atoms with Crippen molar-refractivity contribution in [3.05, 3.63) is 44.4 Å². The summed E-state index contributed by atoms with van der Waals surface area (Å²) in [5.74, 6) is -2.76. The monoisotopic (exact) mass is 298 g/mol. The predicted octanol–water partition coefficient (Wildman–Crippen LogP) is 3.54. The lowest BCUT2D eigenvalue weighted by atomic mass is 9.92. The third kappa shape index (κ3) is 3.17. The number of nitrogens with zero attached hydrogens (tertiary/aromatic N) is 2. The number of rotatable bonds is 3. The lowest BCUT2D eigenvalue weighted by Gasteiger charge is -2.22. The van der Waals surface area contributed by atoms with Gasteiger partial charge in [-0.1, -0.05) is 6.08 Å². The molecule has 0 atom stereocenters. The highest BCUT2D eigenvalue weighted by molar-refractivity contribution is 5.67. The molecule has 114 valence electrons. The number of halogens is 2. The standard InChI is InChI=1S/C14H16F2N2O3/c1-9(2)17-8-11(18(20)21)7-12(13(17)19)10-3-5-14(15,16)6-4-10/h3,7-9H,4-6H2,1-2H3. The summed E-state index contributed by atoms with van der Waals surface area (Å²) in [7, 11) is 0. The van der Waals surface area contributed by atoms with Gasteiger partial charge in [0.25, 0.3) is 17.2 Å². The molecule has 1 aromatic rings. The maximum atomic E-state index is 13.2. The van der Waals surface area contributed by atoms with Crippen LogP contribution in [0.4, 0.5) is 14.5 Å². The molecule has 0 unspecified atom stereocenters. The Morgan fingerprint density at radius 2 is 2.10 bits per heavy atom. The average Bonchev–Trinajstić information content (AvgIpc) is 2.38. The highest BCUT2D eigenvalue weighted by atomic mass is 19.3. The molecule has 0 spiro atoms. The van der Waals surface area contributed by atoms with Gasteiger partial charge in [0.1, 0.15) is 0 Å². The molecule has 0 fully saturated rings. The van der Waals surface area contributed by atoms with E-state index in [9.17, 15) is 23.7 Å². The molecule has 0 saturated carbocycles. The summed E-state index contributed by atoms with van der Waals surface area (Å²) in [6.07, 6.45) is 1.76. The molecule has 1 aliphatic rings. The Bertz CT molecular complexity index is 663. The molecule has 2 rings (SSSR count). The van der Waals surface area contributed by atoms with Crippen molar-refractivity contribution < 1.29 is 13.7 Å². The van der Waals surface area contributed by atoms with Gasteiger partial charge in [-0.25, -0.2) is 8.78 Å². The van der Waals surface area contributed by atoms with Crippen molar-refractivity contribution >= 4 is 11.3 Å². The first-order chi connectivity index (χ1) is 9.71. The van der Waals surface area contributed by atoms with Gasteiger partial charge in [0, 0.05) is 30.5 Å². The molecular weight excluding hydrogens is 282 g/mol. The predicted molar refractivity (Wildman–Crippen MR) is 74.5 cm³/mol. The first-order valence-corrected chi connectivity index (χ1v) is 6.69. The van der Waals surface area contributed by atoms with Gasteiger partial charge in [-0.3, -0.25) is 14.9 Å². The maximum Gasteiger partial charge on any atom is 0.286 e. The number of nitro groups is 1. The quantitative estimate of drug-likeness (QED) is 0.633. The number of hydrogen-bond donors (Lipinski definition) is 0. The molecule has 5 nitrogen and oxygen atoms in total. The van der Waals surface area contributed by atoms with Gasteiger partial charge in [0.2, 0.25) is 0 Å². The van der Waals surface area contributed by atoms with Gasteiger partial charge in [-0.15, -0.1) is 0 Å². The fraction of sp³-hybridized carbons (Fsp3) is 0.500. The van der Waals surface area contributed by atoms with Crippen molar-refractivity contribution in [3.8, 4) is 0 Å². The third-order valence-electron chi connectivity index (χ3n) is 3.55. The minimum Gasteiger partial charge on any atom is -0.306 e. The zero-order valence-corrected chi connectivity index (χ0v) is 11.8. The van der Waals surface area contributed by atoms with E-state index in [1.165, 1.54) is 22.9 Å². The molecule has 1 aromatic heterocycles. The smallest absolute Gasteiger partial charge is 0.286 e. The summed E-state index contributed by atoms with van der Waals surface area (Å²) in [6.45, 7) is 3.47. The van der Waals surface area contributed by atoms with Crippen LogP contribution >= 0.6 is 0 Å². The third-order valence-corrected chi connectivity index (χ3v) is 3.55. The van der Waals surface area contributed by atoms with Gasteiger partial charge in [0.15, 0.2) is 0 Å². The van der Waals surface area contributed by atoms with Crippen LogP contribution < -0.4 is 5.56 Å². The Labute approximate surface area is 120 Å². The number of hydrogen-bond acceptors (Lipinski definition) is 3. The molecule has 0 bridgehead atoms. The van der Waals surface area contributed by atoms with Gasteiger partial charge < -0.3 is 4.57 Å². The summed E-state index contributed by atoms with van der Waals surface area (Å²) in [5, 5.41) is 11.0. The minimum atomic E-state index is -2.76. The van der Waals surface area contributed by atoms with Crippen LogP contribution in [0.5, 0.6) is 0 Å². The first-order valence-electron chi connectivity index (χ1n) is 6.69. The van der Waals surface area contributed by atoms with E-state index in [1.807, 2.05) is 0 Å². The van der Waals surface area contributed by atoms with Crippen LogP contribution in [-0.4, -0.2) is 15.4 Å². The van der Waals surface area contributed by atoms with Crippen LogP contribution in [0.1, 0.15) is 44.7 Å². The van der Waals surface area contributed by atoms with E-state index < -0.39 is 17.3 Å². The lowest BCUT2D eigenvalue weighted by molar-refractivity contribution is -0.385. The fourth-order valence-electron chi connectivity index (χ4n) is 2.34. The molecule has 0 saturated heterocycles. The Hall–Kier alpha value is -2.05. The summed E-state index contributed by atoms with van der Waals surface area (Å²) in [5.41, 5.74) is 0.0148. The van der Waals surface area contributed by atoms with E-state index >= 15 is 0 Å². The topological polar surface area (TPSA) is 65.1 Å². The Kier molecular flexibility index (Phi) is 3.93. The Morgan fingerprint density at radius 1 is 1.43 bits per heavy atom. The zero-order valence-electron chi connectivity index (χ0n) is 11.8. The molecule has 1 heterocycles. The number of aromatic nitrogens is 1. The summed E-state index contributed by atoms with van der Waals surface area (Å²) in [4.78, 5) is 22.8. The zero-order chi connectivity index (χ0) is 15.8. The van der Waals surface area contributed by atoms with Gasteiger partial charge in [-0.05, 0) is 25.8 Å². The SMILES string of the molecule is CC(C)n1cc([N+](=O)[O-])cc(C2=CCC(F)(F)CC2)c1=O. The average molecular weight is 298 g/mol. The summed E-state index contributed by atoms with van der Waals surface area (Å²) in [6, 6.07) is 0.929. The number of alkyl halides is 2. The van der Waals surface area contributed by atoms with E-state index in [1.54, 1.807) is 13.8 Å². The molecule has 21 heavy (non-hydrogen) atoms. The highest BCUT2D eigenvalue weighted by Gasteiger charge is 2.32. The highest BCUT2D eigenvalue weighted by Crippen LogP contribution is 2.36. The summed E-state index contributed by atoms with van der Waals surface area (Å²) < 4.78 is 27.6. The fourth-order valence-corrected chi connectivity index (χ4v) is 2.34. The van der Waals surface area contributed by atoms with Crippen LogP contribution in [0.3, 0.4) is 0 Å². The van der Waals surface area contributed by atoms with Gasteiger partial charge in [0.05, 0.1) is 11.1 Å². The summed E-state index contributed by atoms with van der Waals surface area (Å²) >= 11 is 0. The van der Waals surface area contributed by atoms with Crippen molar-refractivity contribution in [1.82, 2.24) is 4.57 Å². The van der Waals surface area contributed by atoms with Crippen LogP contribution in [-0.2, 0) is 0 Å². The number of pyridine rings is 1. The Morgan fingerprint density at radius 3 is 2.57 bits per heavy atom. The van der Waals surface area contributed by atoms with Crippen LogP contribution in [0.2, 0.25) is 0 Å². The molecule has 0 aliphatic heterocycles. The Balaban J connectivity index is 2.56. The van der Waals surface area contributed by atoms with E-state index in [4.69, 9.17) is 0 Å². The molecular formula is C14H16F2N2O3. The van der Waals surface area contributed by atoms with Crippen molar-refractivity contribution in [2.24, 2.45) is 0 Å². The van der Waals surface area contributed by atoms with Crippen LogP contribution in [0.15, 0.2) is 23.1 Å². The molecule has 1 aliphatic carbocycles. The lowest BCUT2D eigenvalue weighted by Crippen LogP contribution is -2.26. The van der Waals surface area contributed by atoms with Crippen LogP contribution in [0, 0.1) is 10.1 Å². The second-order valence-corrected chi connectivity index (χ2v) is 5.46. The minimum absolute atomic E-state index is 0.0432. The largest absolute Gasteiger partial charge is 0.306 e. The van der Waals surface area contributed by atoms with Crippen molar-refractivity contribution in [2.75, 3.05) is 0 Å². The molecule has 0 aromatic carbocycles. The second kappa shape index (κ2) is 5.38. The van der Waals surface area contributed by atoms with Gasteiger partial charge >= 0.3 is 0 Å². The molecule has 0 amide bonds. The molecule has 0 radical (unpaired) electrons. The van der Waals surface area contributed by atoms with E-state index in [0.717, 1.165) is 0 Å². The van der Waals surface area contributed by atoms with E-state index in [2.05, 4.69) is 0 Å². The van der Waals surface area contributed by atoms with E-state index in [0.29, 0.717) is 5.57 Å². The first kappa shape index (κ1) is 15.3. The van der Waals surface area contributed by atoms with Crippen molar-refractivity contribution in [3.63, 3.8) is 0 Å². The second-order valence-electron chi connectivity index (χ2n) is 5.46. The number of allylic oxidation sites excluding steroid dienone is 2. The molecule has 7 heteroatoms. The van der Waals surface area contributed by atoms with Gasteiger partial charge in [-0.2, -0.15) is 0 Å². The van der Waals surface area contributed by atoms with Crippen LogP contribution in [0.25, 0.3) is 5.57 Å².